The fraction of sp³-hybridized carbons (Fsp3) is 0.158. The average molecular weight is 337 g/mol. The number of para-hydroxylation sites is 1. The van der Waals surface area contributed by atoms with Crippen LogP contribution in [0.25, 0.3) is 6.08 Å². The Bertz CT molecular complexity index is 801. The molecule has 1 heterocycles. The molecule has 2 aromatic carbocycles. The highest BCUT2D eigenvalue weighted by molar-refractivity contribution is 5.97. The molecule has 2 aromatic rings. The van der Waals surface area contributed by atoms with Gasteiger partial charge in [-0.25, -0.2) is 5.43 Å². The predicted molar refractivity (Wildman–Crippen MR) is 97.8 cm³/mol. The SMILES string of the molecule is CC(/C=C\c1ccc2c(c1)OCO2)=NNC(=O)CNc1ccccc1. The third kappa shape index (κ3) is 4.84. The minimum atomic E-state index is -0.209. The number of fused-ring (bicyclic) bond motifs is 1. The van der Waals surface area contributed by atoms with Gasteiger partial charge in [-0.1, -0.05) is 30.3 Å². The molecular formula is C19H19N3O3. The van der Waals surface area contributed by atoms with Gasteiger partial charge in [0.2, 0.25) is 6.79 Å². The normalized spacial score (nSPS) is 13.1. The van der Waals surface area contributed by atoms with Gasteiger partial charge in [0.1, 0.15) is 0 Å². The molecule has 0 aromatic heterocycles. The Balaban J connectivity index is 1.48. The molecule has 1 aliphatic rings. The van der Waals surface area contributed by atoms with E-state index in [1.165, 1.54) is 0 Å². The van der Waals surface area contributed by atoms with Crippen LogP contribution in [0.3, 0.4) is 0 Å². The third-order valence-electron chi connectivity index (χ3n) is 3.50. The zero-order valence-corrected chi connectivity index (χ0v) is 13.9. The summed E-state index contributed by atoms with van der Waals surface area (Å²) in [6, 6.07) is 15.2. The van der Waals surface area contributed by atoms with Crippen molar-refractivity contribution in [2.45, 2.75) is 6.92 Å². The number of nitrogens with one attached hydrogen (secondary N) is 2. The average Bonchev–Trinajstić information content (AvgIpc) is 3.11. The first-order valence-electron chi connectivity index (χ1n) is 7.90. The van der Waals surface area contributed by atoms with Crippen LogP contribution in [0.15, 0.2) is 59.7 Å². The number of hydrazone groups is 1. The van der Waals surface area contributed by atoms with Gasteiger partial charge >= 0.3 is 0 Å². The summed E-state index contributed by atoms with van der Waals surface area (Å²) in [4.78, 5) is 11.8. The highest BCUT2D eigenvalue weighted by Gasteiger charge is 2.12. The minimum absolute atomic E-state index is 0.159. The number of rotatable bonds is 6. The van der Waals surface area contributed by atoms with Crippen LogP contribution < -0.4 is 20.2 Å². The first kappa shape index (κ1) is 16.6. The Morgan fingerprint density at radius 2 is 1.96 bits per heavy atom. The molecule has 0 bridgehead atoms. The monoisotopic (exact) mass is 337 g/mol. The van der Waals surface area contributed by atoms with Gasteiger partial charge in [-0.15, -0.1) is 0 Å². The van der Waals surface area contributed by atoms with Crippen LogP contribution in [-0.2, 0) is 4.79 Å². The van der Waals surface area contributed by atoms with Gasteiger partial charge in [0.25, 0.3) is 5.91 Å². The van der Waals surface area contributed by atoms with Crippen LogP contribution in [-0.4, -0.2) is 25.0 Å². The van der Waals surface area contributed by atoms with Gasteiger partial charge in [0, 0.05) is 5.69 Å². The molecule has 6 nitrogen and oxygen atoms in total. The van der Waals surface area contributed by atoms with Crippen molar-refractivity contribution in [2.75, 3.05) is 18.7 Å². The lowest BCUT2D eigenvalue weighted by molar-refractivity contribution is -0.119. The second-order valence-electron chi connectivity index (χ2n) is 5.45. The first-order chi connectivity index (χ1) is 12.2. The maximum absolute atomic E-state index is 11.8. The van der Waals surface area contributed by atoms with E-state index in [1.807, 2.05) is 67.6 Å². The van der Waals surface area contributed by atoms with E-state index < -0.39 is 0 Å². The fourth-order valence-corrected chi connectivity index (χ4v) is 2.20. The molecule has 0 aliphatic carbocycles. The molecule has 3 rings (SSSR count). The molecule has 128 valence electrons. The Morgan fingerprint density at radius 1 is 1.16 bits per heavy atom. The highest BCUT2D eigenvalue weighted by atomic mass is 16.7. The summed E-state index contributed by atoms with van der Waals surface area (Å²) in [5.74, 6) is 1.28. The molecule has 0 fully saturated rings. The molecule has 1 amide bonds. The molecule has 25 heavy (non-hydrogen) atoms. The van der Waals surface area contributed by atoms with E-state index in [1.54, 1.807) is 0 Å². The summed E-state index contributed by atoms with van der Waals surface area (Å²) < 4.78 is 10.6. The van der Waals surface area contributed by atoms with E-state index in [-0.39, 0.29) is 19.2 Å². The van der Waals surface area contributed by atoms with E-state index in [4.69, 9.17) is 9.47 Å². The van der Waals surface area contributed by atoms with Gasteiger partial charge < -0.3 is 14.8 Å². The van der Waals surface area contributed by atoms with Gasteiger partial charge in [0.05, 0.1) is 12.3 Å². The zero-order chi connectivity index (χ0) is 17.5. The summed E-state index contributed by atoms with van der Waals surface area (Å²) in [6.45, 7) is 2.23. The number of nitrogens with zero attached hydrogens (tertiary/aromatic N) is 1. The van der Waals surface area contributed by atoms with Crippen LogP contribution in [0.5, 0.6) is 11.5 Å². The number of amides is 1. The summed E-state index contributed by atoms with van der Waals surface area (Å²) in [6.07, 6.45) is 3.72. The molecule has 0 saturated carbocycles. The Hall–Kier alpha value is -3.28. The molecule has 0 atom stereocenters. The maximum Gasteiger partial charge on any atom is 0.259 e. The fourth-order valence-electron chi connectivity index (χ4n) is 2.20. The second kappa shape index (κ2) is 8.01. The minimum Gasteiger partial charge on any atom is -0.454 e. The number of benzene rings is 2. The molecule has 1 aliphatic heterocycles. The lowest BCUT2D eigenvalue weighted by Crippen LogP contribution is -2.26. The summed E-state index contributed by atoms with van der Waals surface area (Å²) in [5.41, 5.74) is 5.07. The van der Waals surface area contributed by atoms with Crippen molar-refractivity contribution >= 4 is 23.4 Å². The van der Waals surface area contributed by atoms with Crippen molar-refractivity contribution in [3.63, 3.8) is 0 Å². The lowest BCUT2D eigenvalue weighted by atomic mass is 10.2. The van der Waals surface area contributed by atoms with Gasteiger partial charge in [-0.2, -0.15) is 5.10 Å². The van der Waals surface area contributed by atoms with Crippen LogP contribution in [0, 0.1) is 0 Å². The zero-order valence-electron chi connectivity index (χ0n) is 13.9. The van der Waals surface area contributed by atoms with Gasteiger partial charge in [-0.3, -0.25) is 4.79 Å². The largest absolute Gasteiger partial charge is 0.454 e. The summed E-state index contributed by atoms with van der Waals surface area (Å²) in [7, 11) is 0. The number of carbonyl (C=O) groups is 1. The van der Waals surface area contributed by atoms with Crippen LogP contribution in [0.4, 0.5) is 5.69 Å². The molecular weight excluding hydrogens is 318 g/mol. The molecule has 0 spiro atoms. The number of ether oxygens (including phenoxy) is 2. The van der Waals surface area contributed by atoms with Crippen molar-refractivity contribution in [1.82, 2.24) is 5.43 Å². The topological polar surface area (TPSA) is 72.0 Å². The smallest absolute Gasteiger partial charge is 0.259 e. The number of hydrogen-bond donors (Lipinski definition) is 2. The summed E-state index contributed by atoms with van der Waals surface area (Å²) >= 11 is 0. The highest BCUT2D eigenvalue weighted by Crippen LogP contribution is 2.32. The van der Waals surface area contributed by atoms with Crippen molar-refractivity contribution in [3.05, 3.63) is 60.2 Å². The lowest BCUT2D eigenvalue weighted by Gasteiger charge is -2.04. The number of anilines is 1. The second-order valence-corrected chi connectivity index (χ2v) is 5.45. The molecule has 6 heteroatoms. The van der Waals surface area contributed by atoms with Crippen LogP contribution in [0.1, 0.15) is 12.5 Å². The Morgan fingerprint density at radius 3 is 2.80 bits per heavy atom. The van der Waals surface area contributed by atoms with E-state index in [2.05, 4.69) is 15.8 Å². The van der Waals surface area contributed by atoms with Crippen molar-refractivity contribution in [2.24, 2.45) is 5.10 Å². The standard InChI is InChI=1S/C19H19N3O3/c1-14(7-8-15-9-10-17-18(11-15)25-13-24-17)21-22-19(23)12-20-16-5-3-2-4-6-16/h2-11,20H,12-13H2,1H3,(H,22,23)/b8-7-,21-14?. The van der Waals surface area contributed by atoms with E-state index in [0.29, 0.717) is 5.71 Å². The van der Waals surface area contributed by atoms with E-state index in [0.717, 1.165) is 22.7 Å². The van der Waals surface area contributed by atoms with Crippen molar-refractivity contribution in [3.8, 4) is 11.5 Å². The molecule has 0 unspecified atom stereocenters. The maximum atomic E-state index is 11.8. The molecule has 0 radical (unpaired) electrons. The summed E-state index contributed by atoms with van der Waals surface area (Å²) in [5, 5.41) is 7.08. The third-order valence-corrected chi connectivity index (χ3v) is 3.50. The predicted octanol–water partition coefficient (Wildman–Crippen LogP) is 3.03. The van der Waals surface area contributed by atoms with Gasteiger partial charge in [0.15, 0.2) is 11.5 Å². The first-order valence-corrected chi connectivity index (χ1v) is 7.90. The van der Waals surface area contributed by atoms with E-state index in [9.17, 15) is 4.79 Å². The molecule has 0 saturated heterocycles. The molecule has 2 N–H and O–H groups in total. The van der Waals surface area contributed by atoms with E-state index >= 15 is 0 Å². The van der Waals surface area contributed by atoms with Gasteiger partial charge in [-0.05, 0) is 42.8 Å². The number of carbonyl (C=O) groups excluding carboxylic acids is 1. The number of hydrogen-bond acceptors (Lipinski definition) is 5. The Labute approximate surface area is 146 Å². The van der Waals surface area contributed by atoms with Crippen molar-refractivity contribution in [1.29, 1.82) is 0 Å². The quantitative estimate of drug-likeness (QED) is 0.628. The van der Waals surface area contributed by atoms with Crippen LogP contribution >= 0.6 is 0 Å². The van der Waals surface area contributed by atoms with Crippen LogP contribution in [0.2, 0.25) is 0 Å². The van der Waals surface area contributed by atoms with Crippen molar-refractivity contribution < 1.29 is 14.3 Å². The Kier molecular flexibility index (Phi) is 5.31. The number of allylic oxidation sites excluding steroid dienone is 1.